The van der Waals surface area contributed by atoms with Gasteiger partial charge in [-0.05, 0) is 60.0 Å². The van der Waals surface area contributed by atoms with Gasteiger partial charge in [0.25, 0.3) is 11.7 Å². The minimum Gasteiger partial charge on any atom is -0.507 e. The normalized spacial score (nSPS) is 17.4. The molecular weight excluding hydrogens is 452 g/mol. The number of carbonyl (C=O) groups is 2. The third kappa shape index (κ3) is 4.97. The van der Waals surface area contributed by atoms with E-state index >= 15 is 0 Å². The second-order valence-corrected chi connectivity index (χ2v) is 8.97. The van der Waals surface area contributed by atoms with Crippen LogP contribution in [0.25, 0.3) is 5.76 Å². The van der Waals surface area contributed by atoms with Crippen molar-refractivity contribution in [2.24, 2.45) is 5.92 Å². The molecule has 1 aliphatic rings. The second kappa shape index (κ2) is 10.1. The molecule has 3 aromatic rings. The molecule has 1 atom stereocenters. The lowest BCUT2D eigenvalue weighted by Crippen LogP contribution is -2.29. The first-order chi connectivity index (χ1) is 16.3. The Kier molecular flexibility index (Phi) is 6.98. The van der Waals surface area contributed by atoms with Gasteiger partial charge in [0.05, 0.1) is 30.5 Å². The lowest BCUT2D eigenvalue weighted by atomic mass is 9.95. The summed E-state index contributed by atoms with van der Waals surface area (Å²) in [6.45, 7) is 4.75. The number of halogens is 1. The van der Waals surface area contributed by atoms with Gasteiger partial charge < -0.3 is 14.7 Å². The fourth-order valence-corrected chi connectivity index (χ4v) is 3.98. The zero-order valence-corrected chi connectivity index (χ0v) is 19.7. The molecule has 0 saturated carbocycles. The zero-order valence-electron chi connectivity index (χ0n) is 18.9. The maximum absolute atomic E-state index is 13.2. The molecular formula is C27H25ClN2O4. The van der Waals surface area contributed by atoms with E-state index in [0.717, 1.165) is 0 Å². The molecule has 1 fully saturated rings. The van der Waals surface area contributed by atoms with Crippen molar-refractivity contribution >= 4 is 29.1 Å². The van der Waals surface area contributed by atoms with Crippen LogP contribution in [-0.2, 0) is 16.1 Å². The Hall–Kier alpha value is -3.64. The minimum absolute atomic E-state index is 0.0178. The largest absolute Gasteiger partial charge is 0.507 e. The number of ether oxygens (including phenoxy) is 1. The number of rotatable bonds is 7. The summed E-state index contributed by atoms with van der Waals surface area (Å²) in [6, 6.07) is 18.3. The Labute approximate surface area is 203 Å². The highest BCUT2D eigenvalue weighted by Gasteiger charge is 2.46. The topological polar surface area (TPSA) is 79.7 Å². The maximum Gasteiger partial charge on any atom is 0.296 e. The number of pyridine rings is 1. The highest BCUT2D eigenvalue weighted by atomic mass is 35.5. The lowest BCUT2D eigenvalue weighted by molar-refractivity contribution is -0.140. The predicted molar refractivity (Wildman–Crippen MR) is 130 cm³/mol. The number of hydrogen-bond donors (Lipinski definition) is 1. The first kappa shape index (κ1) is 23.5. The van der Waals surface area contributed by atoms with E-state index in [0.29, 0.717) is 40.1 Å². The molecule has 34 heavy (non-hydrogen) atoms. The number of aliphatic hydroxyl groups is 1. The van der Waals surface area contributed by atoms with Crippen LogP contribution >= 0.6 is 11.6 Å². The molecule has 2 heterocycles. The van der Waals surface area contributed by atoms with E-state index in [1.807, 2.05) is 24.3 Å². The Morgan fingerprint density at radius 2 is 1.85 bits per heavy atom. The highest BCUT2D eigenvalue weighted by Crippen LogP contribution is 2.41. The summed E-state index contributed by atoms with van der Waals surface area (Å²) in [4.78, 5) is 32.1. The summed E-state index contributed by atoms with van der Waals surface area (Å²) < 4.78 is 5.87. The van der Waals surface area contributed by atoms with E-state index in [9.17, 15) is 14.7 Å². The van der Waals surface area contributed by atoms with Gasteiger partial charge in [0.2, 0.25) is 0 Å². The number of hydrogen-bond acceptors (Lipinski definition) is 5. The Morgan fingerprint density at radius 1 is 1.09 bits per heavy atom. The molecule has 1 unspecified atom stereocenters. The molecule has 7 heteroatoms. The first-order valence-electron chi connectivity index (χ1n) is 11.0. The highest BCUT2D eigenvalue weighted by molar-refractivity contribution is 6.46. The molecule has 174 valence electrons. The average molecular weight is 477 g/mol. The first-order valence-corrected chi connectivity index (χ1v) is 11.4. The second-order valence-electron chi connectivity index (χ2n) is 8.53. The number of amides is 1. The van der Waals surface area contributed by atoms with Gasteiger partial charge >= 0.3 is 0 Å². The number of ketones is 1. The fourth-order valence-electron chi connectivity index (χ4n) is 3.86. The molecule has 1 aliphatic heterocycles. The molecule has 0 radical (unpaired) electrons. The summed E-state index contributed by atoms with van der Waals surface area (Å²) in [7, 11) is 0. The molecule has 1 saturated heterocycles. The number of likely N-dealkylation sites (tertiary alicyclic amines) is 1. The molecule has 0 spiro atoms. The van der Waals surface area contributed by atoms with Gasteiger partial charge in [-0.25, -0.2) is 0 Å². The van der Waals surface area contributed by atoms with Crippen molar-refractivity contribution in [3.8, 4) is 5.75 Å². The van der Waals surface area contributed by atoms with Gasteiger partial charge in [-0.3, -0.25) is 14.6 Å². The lowest BCUT2D eigenvalue weighted by Gasteiger charge is -2.25. The summed E-state index contributed by atoms with van der Waals surface area (Å²) in [5, 5.41) is 11.6. The summed E-state index contributed by atoms with van der Waals surface area (Å²) in [5.41, 5.74) is 1.71. The van der Waals surface area contributed by atoms with Crippen molar-refractivity contribution in [2.45, 2.75) is 26.4 Å². The van der Waals surface area contributed by atoms with Crippen LogP contribution in [0.5, 0.6) is 5.75 Å². The average Bonchev–Trinajstić information content (AvgIpc) is 3.08. The molecule has 1 N–H and O–H groups in total. The van der Waals surface area contributed by atoms with Crippen molar-refractivity contribution in [2.75, 3.05) is 6.61 Å². The minimum atomic E-state index is -0.805. The Morgan fingerprint density at radius 3 is 2.53 bits per heavy atom. The number of nitrogens with zero attached hydrogens (tertiary/aromatic N) is 2. The van der Waals surface area contributed by atoms with Gasteiger partial charge in [0.15, 0.2) is 0 Å². The monoisotopic (exact) mass is 476 g/mol. The van der Waals surface area contributed by atoms with E-state index < -0.39 is 17.7 Å². The maximum atomic E-state index is 13.2. The summed E-state index contributed by atoms with van der Waals surface area (Å²) in [5.74, 6) is -0.733. The molecule has 6 nitrogen and oxygen atoms in total. The third-order valence-electron chi connectivity index (χ3n) is 5.47. The SMILES string of the molecule is CC(C)COc1cccc(C2/C(=C(/O)c3ccc(Cl)cc3)C(=O)C(=O)N2Cc2ccccn2)c1. The number of aliphatic hydroxyl groups excluding tert-OH is 1. The summed E-state index contributed by atoms with van der Waals surface area (Å²) in [6.07, 6.45) is 1.63. The van der Waals surface area contributed by atoms with Crippen LogP contribution in [0, 0.1) is 5.92 Å². The van der Waals surface area contributed by atoms with Crippen LogP contribution in [0.2, 0.25) is 5.02 Å². The molecule has 1 aromatic heterocycles. The number of carbonyl (C=O) groups excluding carboxylic acids is 2. The van der Waals surface area contributed by atoms with E-state index in [1.165, 1.54) is 4.90 Å². The van der Waals surface area contributed by atoms with Crippen molar-refractivity contribution in [3.63, 3.8) is 0 Å². The van der Waals surface area contributed by atoms with Gasteiger partial charge in [0, 0.05) is 16.8 Å². The molecule has 0 aliphatic carbocycles. The Balaban J connectivity index is 1.82. The number of Topliss-reactive ketones (excluding diaryl/α,β-unsaturated/α-hetero) is 1. The molecule has 0 bridgehead atoms. The van der Waals surface area contributed by atoms with Crippen molar-refractivity contribution < 1.29 is 19.4 Å². The predicted octanol–water partition coefficient (Wildman–Crippen LogP) is 5.39. The molecule has 2 aromatic carbocycles. The van der Waals surface area contributed by atoms with Gasteiger partial charge in [-0.2, -0.15) is 0 Å². The van der Waals surface area contributed by atoms with E-state index in [4.69, 9.17) is 16.3 Å². The standard InChI is InChI=1S/C27H25ClN2O4/c1-17(2)16-34-22-8-5-6-19(14-22)24-23(25(31)18-9-11-20(28)12-10-18)26(32)27(33)30(24)15-21-7-3-4-13-29-21/h3-14,17,24,31H,15-16H2,1-2H3/b25-23-. The van der Waals surface area contributed by atoms with E-state index in [-0.39, 0.29) is 17.9 Å². The van der Waals surface area contributed by atoms with Crippen molar-refractivity contribution in [3.05, 3.63) is 100 Å². The smallest absolute Gasteiger partial charge is 0.296 e. The van der Waals surface area contributed by atoms with Gasteiger partial charge in [-0.15, -0.1) is 0 Å². The van der Waals surface area contributed by atoms with Crippen LogP contribution in [0.1, 0.15) is 36.7 Å². The van der Waals surface area contributed by atoms with Crippen molar-refractivity contribution in [1.82, 2.24) is 9.88 Å². The van der Waals surface area contributed by atoms with Crippen molar-refractivity contribution in [1.29, 1.82) is 0 Å². The molecule has 4 rings (SSSR count). The Bertz CT molecular complexity index is 1220. The van der Waals surface area contributed by atoms with Crippen LogP contribution in [0.3, 0.4) is 0 Å². The number of aromatic nitrogens is 1. The van der Waals surface area contributed by atoms with Gasteiger partial charge in [0.1, 0.15) is 11.5 Å². The van der Waals surface area contributed by atoms with Gasteiger partial charge in [-0.1, -0.05) is 43.6 Å². The van der Waals surface area contributed by atoms with Crippen LogP contribution in [-0.4, -0.2) is 33.3 Å². The fraction of sp³-hybridized carbons (Fsp3) is 0.222. The van der Waals surface area contributed by atoms with Crippen LogP contribution < -0.4 is 4.74 Å². The molecule has 1 amide bonds. The quantitative estimate of drug-likeness (QED) is 0.281. The van der Waals surface area contributed by atoms with Crippen LogP contribution in [0.4, 0.5) is 0 Å². The third-order valence-corrected chi connectivity index (χ3v) is 5.73. The van der Waals surface area contributed by atoms with Crippen LogP contribution in [0.15, 0.2) is 78.5 Å². The zero-order chi connectivity index (χ0) is 24.2. The van der Waals surface area contributed by atoms with E-state index in [2.05, 4.69) is 18.8 Å². The van der Waals surface area contributed by atoms with E-state index in [1.54, 1.807) is 48.7 Å². The number of benzene rings is 2. The summed E-state index contributed by atoms with van der Waals surface area (Å²) >= 11 is 5.99.